The molecule has 1 nitrogen and oxygen atoms in total. The Morgan fingerprint density at radius 3 is 2.50 bits per heavy atom. The minimum atomic E-state index is 0.300. The van der Waals surface area contributed by atoms with Crippen LogP contribution < -0.4 is 0 Å². The molecule has 0 aromatic rings. The number of rotatable bonds is 0. The molecule has 16 heavy (non-hydrogen) atoms. The molecular weight excluding hydrogens is 196 g/mol. The molecule has 4 bridgehead atoms. The van der Waals surface area contributed by atoms with Crippen LogP contribution in [0.3, 0.4) is 0 Å². The van der Waals surface area contributed by atoms with Crippen molar-refractivity contribution in [3.8, 4) is 0 Å². The van der Waals surface area contributed by atoms with E-state index in [-0.39, 0.29) is 0 Å². The molecule has 0 aliphatic heterocycles. The zero-order valence-electron chi connectivity index (χ0n) is 10.8. The number of carbonyl (C=O) groups excluding carboxylic acids is 1. The van der Waals surface area contributed by atoms with E-state index in [1.54, 1.807) is 0 Å². The molecule has 0 heterocycles. The van der Waals surface area contributed by atoms with Gasteiger partial charge in [-0.3, -0.25) is 4.79 Å². The van der Waals surface area contributed by atoms with Crippen LogP contribution in [0.4, 0.5) is 0 Å². The lowest BCUT2D eigenvalue weighted by Gasteiger charge is -2.64. The van der Waals surface area contributed by atoms with Gasteiger partial charge in [-0.1, -0.05) is 32.8 Å². The van der Waals surface area contributed by atoms with Crippen LogP contribution >= 0.6 is 0 Å². The highest BCUT2D eigenvalue weighted by atomic mass is 16.1. The average molecular weight is 218 g/mol. The molecule has 0 amide bonds. The van der Waals surface area contributed by atoms with Crippen LogP contribution in [0.15, 0.2) is 11.6 Å². The van der Waals surface area contributed by atoms with Crippen LogP contribution in [-0.2, 0) is 4.79 Å². The van der Waals surface area contributed by atoms with Crippen molar-refractivity contribution >= 4 is 5.78 Å². The molecular formula is C15H22O. The van der Waals surface area contributed by atoms with E-state index >= 15 is 0 Å². The van der Waals surface area contributed by atoms with Gasteiger partial charge in [-0.15, -0.1) is 0 Å². The molecule has 4 atom stereocenters. The van der Waals surface area contributed by atoms with Crippen molar-refractivity contribution in [2.24, 2.45) is 28.6 Å². The van der Waals surface area contributed by atoms with Gasteiger partial charge in [0.2, 0.25) is 0 Å². The Morgan fingerprint density at radius 1 is 1.19 bits per heavy atom. The largest absolute Gasteiger partial charge is 0.295 e. The quantitative estimate of drug-likeness (QED) is 0.607. The third kappa shape index (κ3) is 1.00. The zero-order valence-corrected chi connectivity index (χ0v) is 10.8. The molecule has 0 spiro atoms. The number of carbonyl (C=O) groups is 1. The van der Waals surface area contributed by atoms with E-state index in [0.29, 0.717) is 34.4 Å². The zero-order chi connectivity index (χ0) is 11.7. The summed E-state index contributed by atoms with van der Waals surface area (Å²) < 4.78 is 0. The first-order valence-electron chi connectivity index (χ1n) is 6.60. The molecule has 2 fully saturated rings. The molecule has 88 valence electrons. The standard InChI is InChI=1S/C15H22O/c1-9-8-10(16)12-13-11(9)15(12,4)7-5-6-14(13,2)3/h8,11-13H,5-7H2,1-4H3/t11-,12+,13?,15?/m1/s1. The van der Waals surface area contributed by atoms with Crippen molar-refractivity contribution in [2.75, 3.05) is 0 Å². The van der Waals surface area contributed by atoms with E-state index in [2.05, 4.69) is 27.7 Å². The number of fused-ring (bicyclic) bond motifs is 1. The van der Waals surface area contributed by atoms with Gasteiger partial charge >= 0.3 is 0 Å². The van der Waals surface area contributed by atoms with E-state index in [1.807, 2.05) is 6.08 Å². The van der Waals surface area contributed by atoms with Gasteiger partial charge in [0.05, 0.1) is 0 Å². The summed E-state index contributed by atoms with van der Waals surface area (Å²) in [5.74, 6) is 2.06. The third-order valence-electron chi connectivity index (χ3n) is 5.75. The number of hydrogen-bond acceptors (Lipinski definition) is 1. The van der Waals surface area contributed by atoms with Gasteiger partial charge in [-0.25, -0.2) is 0 Å². The second-order valence-corrected chi connectivity index (χ2v) is 7.12. The summed E-state index contributed by atoms with van der Waals surface area (Å²) in [6.07, 6.45) is 5.77. The molecule has 0 aromatic carbocycles. The maximum atomic E-state index is 12.2. The van der Waals surface area contributed by atoms with Crippen LogP contribution in [-0.4, -0.2) is 5.78 Å². The first-order chi connectivity index (χ1) is 7.38. The van der Waals surface area contributed by atoms with Gasteiger partial charge in [0.15, 0.2) is 5.78 Å². The van der Waals surface area contributed by atoms with E-state index in [1.165, 1.54) is 24.8 Å². The molecule has 4 aliphatic carbocycles. The second kappa shape index (κ2) is 2.80. The lowest BCUT2D eigenvalue weighted by molar-refractivity contribution is -0.164. The van der Waals surface area contributed by atoms with Crippen molar-refractivity contribution < 1.29 is 4.79 Å². The summed E-state index contributed by atoms with van der Waals surface area (Å²) in [6.45, 7) is 9.27. The highest BCUT2D eigenvalue weighted by Gasteiger charge is 2.67. The minimum absolute atomic E-state index is 0.300. The Kier molecular flexibility index (Phi) is 1.85. The van der Waals surface area contributed by atoms with Gasteiger partial charge in [0.1, 0.15) is 0 Å². The van der Waals surface area contributed by atoms with Gasteiger partial charge in [0, 0.05) is 5.92 Å². The summed E-state index contributed by atoms with van der Waals surface area (Å²) >= 11 is 0. The van der Waals surface area contributed by atoms with Crippen LogP contribution in [0.25, 0.3) is 0 Å². The van der Waals surface area contributed by atoms with Crippen molar-refractivity contribution in [3.05, 3.63) is 11.6 Å². The lowest BCUT2D eigenvalue weighted by atomic mass is 9.38. The van der Waals surface area contributed by atoms with Crippen LogP contribution in [0.1, 0.15) is 47.0 Å². The molecule has 0 N–H and O–H groups in total. The fraction of sp³-hybridized carbons (Fsp3) is 0.800. The average Bonchev–Trinajstić information content (AvgIpc) is 2.28. The summed E-state index contributed by atoms with van der Waals surface area (Å²) in [6, 6.07) is 0. The SMILES string of the molecule is CC1=CC(=O)[C@H]2C3[C@@H]1C2(C)CCCC3(C)C. The minimum Gasteiger partial charge on any atom is -0.295 e. The maximum Gasteiger partial charge on any atom is 0.159 e. The first-order valence-corrected chi connectivity index (χ1v) is 6.60. The lowest BCUT2D eigenvalue weighted by Crippen LogP contribution is -2.63. The Bertz CT molecular complexity index is 390. The van der Waals surface area contributed by atoms with Gasteiger partial charge < -0.3 is 0 Å². The second-order valence-electron chi connectivity index (χ2n) is 7.12. The topological polar surface area (TPSA) is 17.1 Å². The monoisotopic (exact) mass is 218 g/mol. The molecule has 4 aliphatic rings. The van der Waals surface area contributed by atoms with Crippen LogP contribution in [0.2, 0.25) is 0 Å². The third-order valence-corrected chi connectivity index (χ3v) is 5.75. The fourth-order valence-corrected chi connectivity index (χ4v) is 5.10. The summed E-state index contributed by atoms with van der Waals surface area (Å²) in [5, 5.41) is 0. The number of ketones is 1. The van der Waals surface area contributed by atoms with Crippen molar-refractivity contribution in [1.29, 1.82) is 0 Å². The van der Waals surface area contributed by atoms with Crippen molar-refractivity contribution in [1.82, 2.24) is 0 Å². The summed E-state index contributed by atoms with van der Waals surface area (Å²) in [7, 11) is 0. The molecule has 2 unspecified atom stereocenters. The van der Waals surface area contributed by atoms with Crippen LogP contribution in [0, 0.1) is 28.6 Å². The molecule has 1 heteroatoms. The first kappa shape index (κ1) is 10.6. The summed E-state index contributed by atoms with van der Waals surface area (Å²) in [4.78, 5) is 12.2. The molecule has 0 aromatic heterocycles. The highest BCUT2D eigenvalue weighted by Crippen LogP contribution is 2.71. The number of allylic oxidation sites excluding steroid dienone is 2. The smallest absolute Gasteiger partial charge is 0.159 e. The van der Waals surface area contributed by atoms with Crippen molar-refractivity contribution in [2.45, 2.75) is 47.0 Å². The van der Waals surface area contributed by atoms with Gasteiger partial charge in [0.25, 0.3) is 0 Å². The fourth-order valence-electron chi connectivity index (χ4n) is 5.10. The molecule has 4 rings (SSSR count). The number of hydrogen-bond donors (Lipinski definition) is 0. The van der Waals surface area contributed by atoms with E-state index in [4.69, 9.17) is 0 Å². The van der Waals surface area contributed by atoms with E-state index < -0.39 is 0 Å². The maximum absolute atomic E-state index is 12.2. The normalized spacial score (nSPS) is 49.1. The van der Waals surface area contributed by atoms with Crippen LogP contribution in [0.5, 0.6) is 0 Å². The Morgan fingerprint density at radius 2 is 1.88 bits per heavy atom. The van der Waals surface area contributed by atoms with Crippen molar-refractivity contribution in [3.63, 3.8) is 0 Å². The molecule has 2 saturated carbocycles. The molecule has 0 saturated heterocycles. The predicted molar refractivity (Wildman–Crippen MR) is 65.0 cm³/mol. The Labute approximate surface area is 98.3 Å². The Hall–Kier alpha value is -0.590. The van der Waals surface area contributed by atoms with E-state index in [0.717, 1.165) is 0 Å². The highest BCUT2D eigenvalue weighted by molar-refractivity contribution is 5.96. The summed E-state index contributed by atoms with van der Waals surface area (Å²) in [5.41, 5.74) is 2.01. The van der Waals surface area contributed by atoms with Gasteiger partial charge in [-0.2, -0.15) is 0 Å². The Balaban J connectivity index is 2.13. The predicted octanol–water partition coefficient (Wildman–Crippen LogP) is 3.59. The van der Waals surface area contributed by atoms with Gasteiger partial charge in [-0.05, 0) is 48.5 Å². The molecule has 0 radical (unpaired) electrons. The van der Waals surface area contributed by atoms with E-state index in [9.17, 15) is 4.79 Å².